The van der Waals surface area contributed by atoms with Crippen molar-refractivity contribution in [2.75, 3.05) is 5.43 Å². The highest BCUT2D eigenvalue weighted by Gasteiger charge is 2.12. The van der Waals surface area contributed by atoms with E-state index < -0.39 is 0 Å². The number of nitrogens with zero attached hydrogens (tertiary/aromatic N) is 1. The first-order chi connectivity index (χ1) is 11.0. The molecule has 0 spiro atoms. The van der Waals surface area contributed by atoms with Crippen LogP contribution in [-0.4, -0.2) is 10.9 Å². The second-order valence-corrected chi connectivity index (χ2v) is 6.94. The zero-order valence-electron chi connectivity index (χ0n) is 12.4. The van der Waals surface area contributed by atoms with Crippen molar-refractivity contribution in [2.24, 2.45) is 0 Å². The van der Waals surface area contributed by atoms with Gasteiger partial charge in [-0.2, -0.15) is 0 Å². The van der Waals surface area contributed by atoms with Gasteiger partial charge in [-0.1, -0.05) is 52.2 Å². The molecule has 0 aliphatic rings. The number of hydrogen-bond acceptors (Lipinski definition) is 4. The summed E-state index contributed by atoms with van der Waals surface area (Å²) in [7, 11) is 0. The van der Waals surface area contributed by atoms with Crippen LogP contribution in [0.3, 0.4) is 0 Å². The van der Waals surface area contributed by atoms with E-state index in [4.69, 9.17) is 23.2 Å². The van der Waals surface area contributed by atoms with Gasteiger partial charge in [0.2, 0.25) is 5.13 Å². The fourth-order valence-electron chi connectivity index (χ4n) is 2.24. The summed E-state index contributed by atoms with van der Waals surface area (Å²) >= 11 is 13.5. The lowest BCUT2D eigenvalue weighted by Gasteiger charge is -2.08. The molecule has 0 aliphatic heterocycles. The van der Waals surface area contributed by atoms with Crippen molar-refractivity contribution in [1.29, 1.82) is 0 Å². The summed E-state index contributed by atoms with van der Waals surface area (Å²) in [5, 5.41) is 1.41. The number of hydrogen-bond donors (Lipinski definition) is 2. The molecule has 0 aliphatic carbocycles. The predicted octanol–water partition coefficient (Wildman–Crippen LogP) is 4.98. The summed E-state index contributed by atoms with van der Waals surface area (Å²) in [6.45, 7) is 3.89. The van der Waals surface area contributed by atoms with E-state index in [1.165, 1.54) is 11.3 Å². The van der Waals surface area contributed by atoms with Gasteiger partial charge in [0.15, 0.2) is 0 Å². The van der Waals surface area contributed by atoms with E-state index in [1.807, 2.05) is 32.0 Å². The van der Waals surface area contributed by atoms with Gasteiger partial charge in [0, 0.05) is 5.56 Å². The molecular formula is C16H13Cl2N3OS. The topological polar surface area (TPSA) is 54.0 Å². The first-order valence-electron chi connectivity index (χ1n) is 6.84. The van der Waals surface area contributed by atoms with Crippen molar-refractivity contribution in [2.45, 2.75) is 13.8 Å². The number of amides is 1. The van der Waals surface area contributed by atoms with Crippen LogP contribution in [0.25, 0.3) is 10.2 Å². The van der Waals surface area contributed by atoms with E-state index in [9.17, 15) is 4.79 Å². The number of aryl methyl sites for hydroxylation is 2. The number of anilines is 1. The quantitative estimate of drug-likeness (QED) is 0.643. The lowest BCUT2D eigenvalue weighted by Crippen LogP contribution is -2.29. The summed E-state index contributed by atoms with van der Waals surface area (Å²) in [5.41, 5.74) is 8.75. The van der Waals surface area contributed by atoms with Crippen molar-refractivity contribution in [3.05, 3.63) is 57.1 Å². The predicted molar refractivity (Wildman–Crippen MR) is 96.6 cm³/mol. The largest absolute Gasteiger partial charge is 0.273 e. The maximum Gasteiger partial charge on any atom is 0.269 e. The van der Waals surface area contributed by atoms with Crippen LogP contribution in [0.15, 0.2) is 30.3 Å². The Morgan fingerprint density at radius 3 is 2.70 bits per heavy atom. The Morgan fingerprint density at radius 1 is 1.17 bits per heavy atom. The smallest absolute Gasteiger partial charge is 0.269 e. The maximum atomic E-state index is 12.2. The molecule has 1 heterocycles. The number of nitrogens with one attached hydrogen (secondary N) is 2. The first-order valence-corrected chi connectivity index (χ1v) is 8.41. The third kappa shape index (κ3) is 3.27. The minimum absolute atomic E-state index is 0.217. The molecular weight excluding hydrogens is 353 g/mol. The Balaban J connectivity index is 1.78. The van der Waals surface area contributed by atoms with Crippen LogP contribution in [0.1, 0.15) is 21.5 Å². The van der Waals surface area contributed by atoms with Crippen LogP contribution >= 0.6 is 34.5 Å². The third-order valence-corrected chi connectivity index (χ3v) is 5.09. The van der Waals surface area contributed by atoms with Gasteiger partial charge in [0.25, 0.3) is 5.91 Å². The number of aromatic nitrogens is 1. The zero-order chi connectivity index (χ0) is 16.6. The van der Waals surface area contributed by atoms with Gasteiger partial charge in [-0.3, -0.25) is 15.6 Å². The molecule has 0 saturated carbocycles. The van der Waals surface area contributed by atoms with Gasteiger partial charge >= 0.3 is 0 Å². The molecule has 0 saturated heterocycles. The SMILES string of the molecule is Cc1ccc(C(=O)NNc2nc3c(Cl)c(Cl)ccc3s2)c(C)c1. The Kier molecular flexibility index (Phi) is 4.43. The molecule has 2 aromatic carbocycles. The highest BCUT2D eigenvalue weighted by molar-refractivity contribution is 7.22. The van der Waals surface area contributed by atoms with E-state index in [1.54, 1.807) is 12.1 Å². The molecule has 4 nitrogen and oxygen atoms in total. The van der Waals surface area contributed by atoms with Crippen LogP contribution in [0, 0.1) is 13.8 Å². The number of carbonyl (C=O) groups excluding carboxylic acids is 1. The zero-order valence-corrected chi connectivity index (χ0v) is 14.7. The third-order valence-electron chi connectivity index (χ3n) is 3.36. The van der Waals surface area contributed by atoms with E-state index >= 15 is 0 Å². The fourth-order valence-corrected chi connectivity index (χ4v) is 3.48. The number of benzene rings is 2. The van der Waals surface area contributed by atoms with Gasteiger partial charge in [-0.25, -0.2) is 4.98 Å². The number of halogens is 2. The molecule has 2 N–H and O–H groups in total. The van der Waals surface area contributed by atoms with Crippen LogP contribution in [-0.2, 0) is 0 Å². The molecule has 0 atom stereocenters. The van der Waals surface area contributed by atoms with Crippen molar-refractivity contribution >= 4 is 55.8 Å². The number of carbonyl (C=O) groups is 1. The number of hydrazine groups is 1. The second-order valence-electron chi connectivity index (χ2n) is 5.12. The van der Waals surface area contributed by atoms with Gasteiger partial charge in [-0.05, 0) is 37.6 Å². The van der Waals surface area contributed by atoms with Crippen molar-refractivity contribution in [3.63, 3.8) is 0 Å². The van der Waals surface area contributed by atoms with E-state index in [0.29, 0.717) is 26.3 Å². The summed E-state index contributed by atoms with van der Waals surface area (Å²) in [6, 6.07) is 9.24. The van der Waals surface area contributed by atoms with Gasteiger partial charge < -0.3 is 0 Å². The lowest BCUT2D eigenvalue weighted by molar-refractivity contribution is 0.0962. The summed E-state index contributed by atoms with van der Waals surface area (Å²) in [4.78, 5) is 16.6. The van der Waals surface area contributed by atoms with Crippen LogP contribution in [0.4, 0.5) is 5.13 Å². The number of fused-ring (bicyclic) bond motifs is 1. The normalized spacial score (nSPS) is 10.8. The van der Waals surface area contributed by atoms with Gasteiger partial charge in [-0.15, -0.1) is 0 Å². The highest BCUT2D eigenvalue weighted by atomic mass is 35.5. The van der Waals surface area contributed by atoms with Crippen LogP contribution in [0.5, 0.6) is 0 Å². The molecule has 0 fully saturated rings. The average Bonchev–Trinajstić information content (AvgIpc) is 2.92. The Morgan fingerprint density at radius 2 is 1.96 bits per heavy atom. The molecule has 0 unspecified atom stereocenters. The standard InChI is InChI=1S/C16H13Cl2N3OS/c1-8-3-4-10(9(2)7-8)15(22)20-21-16-19-14-12(23-16)6-5-11(17)13(14)18/h3-7H,1-2H3,(H,19,21)(H,20,22). The minimum Gasteiger partial charge on any atom is -0.273 e. The molecule has 3 rings (SSSR count). The average molecular weight is 366 g/mol. The Bertz CT molecular complexity index is 908. The Hall–Kier alpha value is -1.82. The molecule has 1 aromatic heterocycles. The molecule has 1 amide bonds. The van der Waals surface area contributed by atoms with Crippen molar-refractivity contribution in [3.8, 4) is 0 Å². The van der Waals surface area contributed by atoms with Crippen molar-refractivity contribution in [1.82, 2.24) is 10.4 Å². The van der Waals surface area contributed by atoms with E-state index in [0.717, 1.165) is 15.8 Å². The monoisotopic (exact) mass is 365 g/mol. The first kappa shape index (κ1) is 16.1. The lowest BCUT2D eigenvalue weighted by atomic mass is 10.1. The van der Waals surface area contributed by atoms with E-state index in [2.05, 4.69) is 15.8 Å². The minimum atomic E-state index is -0.217. The number of rotatable bonds is 3. The highest BCUT2D eigenvalue weighted by Crippen LogP contribution is 2.34. The summed E-state index contributed by atoms with van der Waals surface area (Å²) in [6.07, 6.45) is 0. The number of thiazole rings is 1. The molecule has 7 heteroatoms. The maximum absolute atomic E-state index is 12.2. The summed E-state index contributed by atoms with van der Waals surface area (Å²) in [5.74, 6) is -0.217. The van der Waals surface area contributed by atoms with Gasteiger partial charge in [0.1, 0.15) is 5.52 Å². The second kappa shape index (κ2) is 6.35. The summed E-state index contributed by atoms with van der Waals surface area (Å²) < 4.78 is 0.891. The fraction of sp³-hybridized carbons (Fsp3) is 0.125. The van der Waals surface area contributed by atoms with Crippen molar-refractivity contribution < 1.29 is 4.79 Å². The van der Waals surface area contributed by atoms with E-state index in [-0.39, 0.29) is 5.91 Å². The molecule has 0 radical (unpaired) electrons. The van der Waals surface area contributed by atoms with Gasteiger partial charge in [0.05, 0.1) is 14.7 Å². The molecule has 3 aromatic rings. The van der Waals surface area contributed by atoms with Crippen LogP contribution in [0.2, 0.25) is 10.0 Å². The molecule has 23 heavy (non-hydrogen) atoms. The Labute approximate surface area is 147 Å². The molecule has 0 bridgehead atoms. The van der Waals surface area contributed by atoms with Crippen LogP contribution < -0.4 is 10.9 Å². The molecule has 118 valence electrons.